The van der Waals surface area contributed by atoms with Gasteiger partial charge in [-0.2, -0.15) is 0 Å². The van der Waals surface area contributed by atoms with E-state index in [0.29, 0.717) is 0 Å². The fourth-order valence-corrected chi connectivity index (χ4v) is 4.35. The van der Waals surface area contributed by atoms with Crippen LogP contribution in [0.25, 0.3) is 0 Å². The third-order valence-corrected chi connectivity index (χ3v) is 5.53. The molecule has 0 N–H and O–H groups in total. The molecule has 0 spiro atoms. The summed E-state index contributed by atoms with van der Waals surface area (Å²) in [5, 5.41) is 0. The van der Waals surface area contributed by atoms with Crippen LogP contribution < -0.4 is 0 Å². The van der Waals surface area contributed by atoms with Crippen molar-refractivity contribution in [1.29, 1.82) is 0 Å². The van der Waals surface area contributed by atoms with E-state index in [0.717, 1.165) is 11.8 Å². The molecule has 2 unspecified atom stereocenters. The number of hydrogen-bond donors (Lipinski definition) is 0. The van der Waals surface area contributed by atoms with Gasteiger partial charge >= 0.3 is 0 Å². The van der Waals surface area contributed by atoms with Crippen LogP contribution in [0.3, 0.4) is 0 Å². The first-order chi connectivity index (χ1) is 9.34. The summed E-state index contributed by atoms with van der Waals surface area (Å²) in [6, 6.07) is 0. The lowest BCUT2D eigenvalue weighted by atomic mass is 9.73. The molecule has 3 rings (SSSR count). The molecule has 0 aromatic rings. The maximum Gasteiger partial charge on any atom is -0.00515 e. The van der Waals surface area contributed by atoms with Crippen LogP contribution in [0, 0.1) is 11.8 Å². The van der Waals surface area contributed by atoms with Crippen molar-refractivity contribution in [3.8, 4) is 0 Å². The van der Waals surface area contributed by atoms with E-state index in [2.05, 4.69) is 53.0 Å². The van der Waals surface area contributed by atoms with Gasteiger partial charge in [-0.1, -0.05) is 30.4 Å². The van der Waals surface area contributed by atoms with Crippen LogP contribution in [0.5, 0.6) is 0 Å². The second-order valence-corrected chi connectivity index (χ2v) is 7.43. The monoisotopic (exact) mass is 366 g/mol. The van der Waals surface area contributed by atoms with Gasteiger partial charge in [0, 0.05) is 0 Å². The zero-order chi connectivity index (χ0) is 13.1. The van der Waals surface area contributed by atoms with Crippen molar-refractivity contribution < 1.29 is 0 Å². The molecule has 0 radical (unpaired) electrons. The van der Waals surface area contributed by atoms with Crippen molar-refractivity contribution >= 4 is 22.6 Å². The summed E-state index contributed by atoms with van der Waals surface area (Å²) in [6.07, 6.45) is 22.9. The van der Waals surface area contributed by atoms with Crippen LogP contribution in [0.2, 0.25) is 0 Å². The van der Waals surface area contributed by atoms with Gasteiger partial charge in [-0.05, 0) is 101 Å². The van der Waals surface area contributed by atoms with Crippen LogP contribution in [0.15, 0.2) is 45.1 Å². The smallest absolute Gasteiger partial charge is 0.00515 e. The Balaban J connectivity index is 1.86. The van der Waals surface area contributed by atoms with Gasteiger partial charge in [-0.25, -0.2) is 0 Å². The molecule has 3 aliphatic rings. The number of halogens is 1. The van der Waals surface area contributed by atoms with Crippen LogP contribution >= 0.6 is 22.6 Å². The molecule has 3 aliphatic carbocycles. The van der Waals surface area contributed by atoms with E-state index < -0.39 is 0 Å². The molecule has 0 aromatic carbocycles. The lowest BCUT2D eigenvalue weighted by Crippen LogP contribution is -2.20. The minimum absolute atomic E-state index is 0.748. The third kappa shape index (κ3) is 3.24. The minimum Gasteiger partial charge on any atom is -0.0882 e. The minimum atomic E-state index is 0.748. The molecule has 0 heterocycles. The van der Waals surface area contributed by atoms with Gasteiger partial charge in [0.1, 0.15) is 0 Å². The fraction of sp³-hybridized carbons (Fsp3) is 0.556. The van der Waals surface area contributed by atoms with E-state index in [1.807, 2.05) is 0 Å². The second-order valence-electron chi connectivity index (χ2n) is 6.04. The number of hydrogen-bond acceptors (Lipinski definition) is 0. The zero-order valence-corrected chi connectivity index (χ0v) is 13.7. The van der Waals surface area contributed by atoms with Gasteiger partial charge in [-0.3, -0.25) is 0 Å². The normalized spacial score (nSPS) is 31.5. The summed E-state index contributed by atoms with van der Waals surface area (Å²) in [4.78, 5) is 0. The van der Waals surface area contributed by atoms with Gasteiger partial charge in [0.2, 0.25) is 0 Å². The molecule has 2 atom stereocenters. The van der Waals surface area contributed by atoms with E-state index in [9.17, 15) is 0 Å². The SMILES string of the molecule is IC1=CC=C(C2=CCCCC2)C(C2C=CCCC2)C1. The summed E-state index contributed by atoms with van der Waals surface area (Å²) in [5.41, 5.74) is 3.33. The van der Waals surface area contributed by atoms with Crippen LogP contribution in [0.4, 0.5) is 0 Å². The van der Waals surface area contributed by atoms with E-state index in [1.54, 1.807) is 11.1 Å². The lowest BCUT2D eigenvalue weighted by molar-refractivity contribution is 0.403. The number of rotatable bonds is 2. The average Bonchev–Trinajstić information content (AvgIpc) is 2.49. The molecule has 0 aromatic heterocycles. The third-order valence-electron chi connectivity index (χ3n) is 4.73. The molecule has 0 saturated heterocycles. The lowest BCUT2D eigenvalue weighted by Gasteiger charge is -2.33. The van der Waals surface area contributed by atoms with Gasteiger partial charge in [0.25, 0.3) is 0 Å². The molecule has 0 bridgehead atoms. The summed E-state index contributed by atoms with van der Waals surface area (Å²) in [6.45, 7) is 0. The largest absolute Gasteiger partial charge is 0.0882 e. The first kappa shape index (κ1) is 13.7. The fourth-order valence-electron chi connectivity index (χ4n) is 3.69. The molecule has 19 heavy (non-hydrogen) atoms. The molecule has 0 fully saturated rings. The highest BCUT2D eigenvalue weighted by molar-refractivity contribution is 14.1. The first-order valence-electron chi connectivity index (χ1n) is 7.77. The van der Waals surface area contributed by atoms with Crippen LogP contribution in [0.1, 0.15) is 51.4 Å². The Labute approximate surface area is 130 Å². The van der Waals surface area contributed by atoms with Gasteiger partial charge < -0.3 is 0 Å². The van der Waals surface area contributed by atoms with Crippen molar-refractivity contribution in [2.45, 2.75) is 51.4 Å². The maximum atomic E-state index is 2.52. The molecule has 102 valence electrons. The van der Waals surface area contributed by atoms with Gasteiger partial charge in [0.15, 0.2) is 0 Å². The van der Waals surface area contributed by atoms with Crippen LogP contribution in [-0.2, 0) is 0 Å². The van der Waals surface area contributed by atoms with E-state index in [1.165, 1.54) is 54.9 Å². The molecular weight excluding hydrogens is 343 g/mol. The maximum absolute atomic E-state index is 2.52. The predicted molar refractivity (Wildman–Crippen MR) is 91.3 cm³/mol. The van der Waals surface area contributed by atoms with Crippen molar-refractivity contribution in [3.63, 3.8) is 0 Å². The van der Waals surface area contributed by atoms with E-state index in [4.69, 9.17) is 0 Å². The van der Waals surface area contributed by atoms with Crippen molar-refractivity contribution in [1.82, 2.24) is 0 Å². The van der Waals surface area contributed by atoms with Crippen molar-refractivity contribution in [2.24, 2.45) is 11.8 Å². The Hall–Kier alpha value is -0.310. The molecule has 1 heteroatoms. The Morgan fingerprint density at radius 3 is 2.74 bits per heavy atom. The first-order valence-corrected chi connectivity index (χ1v) is 8.85. The molecular formula is C18H23I. The molecule has 0 saturated carbocycles. The van der Waals surface area contributed by atoms with Crippen LogP contribution in [-0.4, -0.2) is 0 Å². The number of allylic oxidation sites excluding steroid dienone is 8. The Bertz CT molecular complexity index is 450. The van der Waals surface area contributed by atoms with E-state index in [-0.39, 0.29) is 0 Å². The Kier molecular flexibility index (Phi) is 4.62. The van der Waals surface area contributed by atoms with Crippen molar-refractivity contribution in [2.75, 3.05) is 0 Å². The second kappa shape index (κ2) is 6.43. The quantitative estimate of drug-likeness (QED) is 0.409. The predicted octanol–water partition coefficient (Wildman–Crippen LogP) is 6.11. The Morgan fingerprint density at radius 1 is 1.05 bits per heavy atom. The summed E-state index contributed by atoms with van der Waals surface area (Å²) in [7, 11) is 0. The van der Waals surface area contributed by atoms with E-state index >= 15 is 0 Å². The molecule has 0 aliphatic heterocycles. The highest BCUT2D eigenvalue weighted by Gasteiger charge is 2.28. The molecule has 0 nitrogen and oxygen atoms in total. The van der Waals surface area contributed by atoms with Crippen molar-refractivity contribution in [3.05, 3.63) is 45.1 Å². The zero-order valence-electron chi connectivity index (χ0n) is 11.6. The molecule has 0 amide bonds. The summed E-state index contributed by atoms with van der Waals surface area (Å²) >= 11 is 2.52. The van der Waals surface area contributed by atoms with Gasteiger partial charge in [0.05, 0.1) is 0 Å². The topological polar surface area (TPSA) is 0 Å². The highest BCUT2D eigenvalue weighted by Crippen LogP contribution is 2.42. The standard InChI is InChI=1S/C18H23I/c19-16-11-12-17(14-7-3-1-4-8-14)18(13-16)15-9-5-2-6-10-15/h5,7,9,11-12,15,18H,1-4,6,8,10,13H2. The average molecular weight is 366 g/mol. The summed E-state index contributed by atoms with van der Waals surface area (Å²) < 4.78 is 1.53. The summed E-state index contributed by atoms with van der Waals surface area (Å²) in [5.74, 6) is 1.53. The highest BCUT2D eigenvalue weighted by atomic mass is 127. The Morgan fingerprint density at radius 2 is 2.00 bits per heavy atom. The van der Waals surface area contributed by atoms with Gasteiger partial charge in [-0.15, -0.1) is 0 Å².